The molecule has 3 amide bonds. The lowest BCUT2D eigenvalue weighted by Gasteiger charge is -2.30. The Kier molecular flexibility index (Phi) is 12.5. The van der Waals surface area contributed by atoms with Crippen LogP contribution in [0.1, 0.15) is 73.5 Å². The molecule has 0 radical (unpaired) electrons. The van der Waals surface area contributed by atoms with Gasteiger partial charge in [0.25, 0.3) is 0 Å². The highest BCUT2D eigenvalue weighted by Crippen LogP contribution is 2.45. The lowest BCUT2D eigenvalue weighted by atomic mass is 9.91. The molecule has 3 N–H and O–H groups in total. The first-order valence-electron chi connectivity index (χ1n) is 17.9. The number of benzene rings is 2. The topological polar surface area (TPSA) is 170 Å². The van der Waals surface area contributed by atoms with Crippen molar-refractivity contribution in [2.75, 3.05) is 27.2 Å². The Morgan fingerprint density at radius 2 is 1.68 bits per heavy atom. The number of esters is 2. The molecule has 1 saturated heterocycles. The minimum Gasteiger partial charge on any atom is -0.460 e. The number of fused-ring (bicyclic) bond motifs is 2. The first-order chi connectivity index (χ1) is 25.1. The Morgan fingerprint density at radius 1 is 1.00 bits per heavy atom. The van der Waals surface area contributed by atoms with Crippen molar-refractivity contribution in [2.45, 2.75) is 95.0 Å². The Balaban J connectivity index is 1.25. The van der Waals surface area contributed by atoms with Crippen LogP contribution in [0, 0.1) is 0 Å². The van der Waals surface area contributed by atoms with Gasteiger partial charge in [-0.05, 0) is 62.1 Å². The van der Waals surface area contributed by atoms with Crippen LogP contribution in [0.3, 0.4) is 0 Å². The number of carbonyl (C=O) groups is 5. The second kappa shape index (κ2) is 16.9. The summed E-state index contributed by atoms with van der Waals surface area (Å²) in [6.45, 7) is 4.91. The van der Waals surface area contributed by atoms with E-state index in [1.165, 1.54) is 11.0 Å². The summed E-state index contributed by atoms with van der Waals surface area (Å²) < 4.78 is 24.5. The molecule has 13 heteroatoms. The van der Waals surface area contributed by atoms with Crippen molar-refractivity contribution in [1.82, 2.24) is 15.5 Å². The highest BCUT2D eigenvalue weighted by atomic mass is 16.8. The maximum absolute atomic E-state index is 13.7. The fraction of sp³-hybridized carbons (Fsp3) is 0.475. The monoisotopic (exact) mass is 731 g/mol. The molecule has 2 aliphatic carbocycles. The van der Waals surface area contributed by atoms with Gasteiger partial charge in [0.2, 0.25) is 17.7 Å². The molecule has 0 aromatic heterocycles. The summed E-state index contributed by atoms with van der Waals surface area (Å²) in [5.41, 5.74) is 2.61. The third-order valence-corrected chi connectivity index (χ3v) is 9.13. The molecule has 2 aromatic carbocycles. The molecule has 53 heavy (non-hydrogen) atoms. The molecule has 4 atom stereocenters. The van der Waals surface area contributed by atoms with Crippen molar-refractivity contribution in [3.05, 3.63) is 88.5 Å². The Hall–Kier alpha value is -4.85. The van der Waals surface area contributed by atoms with Crippen LogP contribution in [-0.4, -0.2) is 103 Å². The van der Waals surface area contributed by atoms with Crippen LogP contribution < -0.4 is 10.6 Å². The lowest BCUT2D eigenvalue weighted by molar-refractivity contribution is -0.172. The van der Waals surface area contributed by atoms with E-state index in [9.17, 15) is 29.1 Å². The van der Waals surface area contributed by atoms with E-state index in [-0.39, 0.29) is 50.3 Å². The smallest absolute Gasteiger partial charge is 0.339 e. The van der Waals surface area contributed by atoms with Crippen LogP contribution in [-0.2, 0) is 51.0 Å². The van der Waals surface area contributed by atoms with E-state index >= 15 is 0 Å². The Bertz CT molecular complexity index is 1740. The van der Waals surface area contributed by atoms with Gasteiger partial charge in [-0.25, -0.2) is 4.79 Å². The molecular formula is C40H49N3O10. The van der Waals surface area contributed by atoms with Gasteiger partial charge in [-0.2, -0.15) is 0 Å². The molecule has 1 fully saturated rings. The zero-order chi connectivity index (χ0) is 38.3. The van der Waals surface area contributed by atoms with Gasteiger partial charge < -0.3 is 39.6 Å². The zero-order valence-corrected chi connectivity index (χ0v) is 30.9. The van der Waals surface area contributed by atoms with Gasteiger partial charge in [-0.3, -0.25) is 19.2 Å². The summed E-state index contributed by atoms with van der Waals surface area (Å²) in [5.74, 6) is -3.16. The van der Waals surface area contributed by atoms with Gasteiger partial charge in [-0.15, -0.1) is 0 Å². The number of ether oxygens (including phenoxy) is 4. The fourth-order valence-electron chi connectivity index (χ4n) is 6.60. The first kappa shape index (κ1) is 39.4. The number of nitrogens with zero attached hydrogens (tertiary/aromatic N) is 1. The van der Waals surface area contributed by atoms with E-state index in [1.54, 1.807) is 71.3 Å². The number of nitrogens with one attached hydrogen (secondary N) is 2. The molecule has 3 aliphatic rings. The predicted molar refractivity (Wildman–Crippen MR) is 194 cm³/mol. The van der Waals surface area contributed by atoms with Gasteiger partial charge >= 0.3 is 11.9 Å². The van der Waals surface area contributed by atoms with Crippen LogP contribution >= 0.6 is 0 Å². The zero-order valence-electron chi connectivity index (χ0n) is 30.9. The largest absolute Gasteiger partial charge is 0.460 e. The molecule has 5 rings (SSSR count). The van der Waals surface area contributed by atoms with E-state index in [2.05, 4.69) is 10.6 Å². The Morgan fingerprint density at radius 3 is 2.34 bits per heavy atom. The van der Waals surface area contributed by atoms with Crippen molar-refractivity contribution in [2.24, 2.45) is 0 Å². The number of aliphatic hydroxyl groups is 1. The van der Waals surface area contributed by atoms with Gasteiger partial charge in [0.05, 0.1) is 18.2 Å². The molecular weight excluding hydrogens is 682 g/mol. The lowest BCUT2D eigenvalue weighted by Crippen LogP contribution is -2.44. The number of hydrogen-bond acceptors (Lipinski definition) is 10. The SMILES string of the molecule is CN(C)C(=O)C=Cc1ccccc1C(=O)O[C@@H]1CC(C(=O)NCCC(=O)N[C@H](CO)CCC(=O)OC(C)(C)C)=C[C@H]2OC3(Cc4ccccc4C3)O[C@H]21. The molecule has 284 valence electrons. The molecule has 1 spiro atoms. The van der Waals surface area contributed by atoms with Crippen molar-refractivity contribution in [3.63, 3.8) is 0 Å². The highest BCUT2D eigenvalue weighted by molar-refractivity contribution is 5.97. The second-order valence-corrected chi connectivity index (χ2v) is 14.8. The van der Waals surface area contributed by atoms with E-state index in [4.69, 9.17) is 18.9 Å². The number of likely N-dealkylation sites (N-methyl/N-ethyl adjacent to an activating group) is 1. The molecule has 0 unspecified atom stereocenters. The quantitative estimate of drug-likeness (QED) is 0.206. The van der Waals surface area contributed by atoms with Crippen molar-refractivity contribution < 1.29 is 48.0 Å². The van der Waals surface area contributed by atoms with E-state index in [0.717, 1.165) is 11.1 Å². The maximum atomic E-state index is 13.7. The number of amides is 3. The van der Waals surface area contributed by atoms with Crippen molar-refractivity contribution in [1.29, 1.82) is 0 Å². The number of hydrogen-bond donors (Lipinski definition) is 3. The molecule has 0 bridgehead atoms. The highest BCUT2D eigenvalue weighted by Gasteiger charge is 2.55. The summed E-state index contributed by atoms with van der Waals surface area (Å²) in [6.07, 6.45) is 3.54. The average Bonchev–Trinajstić information content (AvgIpc) is 3.66. The number of aliphatic hydroxyl groups excluding tert-OH is 1. The standard InChI is InChI=1S/C40H49N3O10/c1-39(2,3)52-35(47)17-15-29(24-44)42-33(45)18-19-41-37(48)28-20-31(50-38(49)30-13-9-8-10-25(30)14-16-34(46)43(4)5)36-32(21-28)51-40(53-36)22-26-11-6-7-12-27(26)23-40/h6-14,16,21,29,31-32,36,44H,15,17-20,22-24H2,1-5H3,(H,41,48)(H,42,45)/t29-,31+,32+,36-/m0/s1. The van der Waals surface area contributed by atoms with Gasteiger partial charge in [0.15, 0.2) is 5.79 Å². The number of rotatable bonds is 13. The third kappa shape index (κ3) is 10.4. The van der Waals surface area contributed by atoms with Crippen LogP contribution in [0.25, 0.3) is 6.08 Å². The van der Waals surface area contributed by atoms with Crippen molar-refractivity contribution in [3.8, 4) is 0 Å². The summed E-state index contributed by atoms with van der Waals surface area (Å²) >= 11 is 0. The van der Waals surface area contributed by atoms with E-state index in [1.807, 2.05) is 24.3 Å². The van der Waals surface area contributed by atoms with Crippen molar-refractivity contribution >= 4 is 35.7 Å². The first-order valence-corrected chi connectivity index (χ1v) is 17.9. The summed E-state index contributed by atoms with van der Waals surface area (Å²) in [5, 5.41) is 15.2. The second-order valence-electron chi connectivity index (χ2n) is 14.8. The van der Waals surface area contributed by atoms with E-state index in [0.29, 0.717) is 24.0 Å². The molecule has 13 nitrogen and oxygen atoms in total. The minimum absolute atomic E-state index is 0.00719. The third-order valence-electron chi connectivity index (χ3n) is 9.13. The van der Waals surface area contributed by atoms with Crippen LogP contribution in [0.2, 0.25) is 0 Å². The van der Waals surface area contributed by atoms with Gasteiger partial charge in [-0.1, -0.05) is 42.5 Å². The minimum atomic E-state index is -0.982. The molecule has 0 saturated carbocycles. The molecule has 2 aromatic rings. The normalized spacial score (nSPS) is 20.6. The summed E-state index contributed by atoms with van der Waals surface area (Å²) in [6, 6.07) is 14.1. The average molecular weight is 732 g/mol. The summed E-state index contributed by atoms with van der Waals surface area (Å²) in [4.78, 5) is 65.6. The van der Waals surface area contributed by atoms with Gasteiger partial charge in [0.1, 0.15) is 23.9 Å². The number of carbonyl (C=O) groups excluding carboxylic acids is 5. The van der Waals surface area contributed by atoms with Gasteiger partial charge in [0, 0.05) is 64.4 Å². The molecule has 1 aliphatic heterocycles. The van der Waals surface area contributed by atoms with Crippen LogP contribution in [0.5, 0.6) is 0 Å². The van der Waals surface area contributed by atoms with Crippen LogP contribution in [0.15, 0.2) is 66.3 Å². The summed E-state index contributed by atoms with van der Waals surface area (Å²) in [7, 11) is 3.26. The van der Waals surface area contributed by atoms with E-state index < -0.39 is 59.5 Å². The fourth-order valence-corrected chi connectivity index (χ4v) is 6.60. The maximum Gasteiger partial charge on any atom is 0.339 e. The Labute approximate surface area is 309 Å². The predicted octanol–water partition coefficient (Wildman–Crippen LogP) is 3.03. The van der Waals surface area contributed by atoms with Crippen LogP contribution in [0.4, 0.5) is 0 Å². The molecule has 1 heterocycles.